The quantitative estimate of drug-likeness (QED) is 0.551. The molecule has 0 aliphatic carbocycles. The van der Waals surface area contributed by atoms with E-state index in [0.29, 0.717) is 38.4 Å². The molecule has 0 bridgehead atoms. The summed E-state index contributed by atoms with van der Waals surface area (Å²) in [5, 5.41) is 11.6. The average molecular weight is 365 g/mol. The number of ether oxygens (including phenoxy) is 2. The van der Waals surface area contributed by atoms with Crippen molar-refractivity contribution >= 4 is 30.0 Å². The molecule has 0 spiro atoms. The maximum Gasteiger partial charge on any atom is 0.219 e. The molecule has 0 amide bonds. The molecular formula is C15H13ClN4O3S. The molecule has 0 radical (unpaired) electrons. The summed E-state index contributed by atoms with van der Waals surface area (Å²) >= 11 is 11.4. The number of nitrogens with one attached hydrogen (secondary N) is 1. The van der Waals surface area contributed by atoms with Gasteiger partial charge in [0.05, 0.1) is 31.7 Å². The van der Waals surface area contributed by atoms with E-state index in [-0.39, 0.29) is 0 Å². The Morgan fingerprint density at radius 1 is 1.38 bits per heavy atom. The van der Waals surface area contributed by atoms with Crippen molar-refractivity contribution in [2.24, 2.45) is 5.10 Å². The van der Waals surface area contributed by atoms with Crippen LogP contribution >= 0.6 is 23.8 Å². The van der Waals surface area contributed by atoms with Crippen LogP contribution in [-0.2, 0) is 0 Å². The molecule has 0 aliphatic rings. The third kappa shape index (κ3) is 3.06. The molecule has 9 heteroatoms. The first-order valence-electron chi connectivity index (χ1n) is 6.81. The fourth-order valence-electron chi connectivity index (χ4n) is 2.10. The van der Waals surface area contributed by atoms with Crippen molar-refractivity contribution in [3.05, 3.63) is 45.9 Å². The van der Waals surface area contributed by atoms with Gasteiger partial charge in [-0.15, -0.1) is 5.10 Å². The van der Waals surface area contributed by atoms with Gasteiger partial charge in [0.15, 0.2) is 17.3 Å². The van der Waals surface area contributed by atoms with Crippen LogP contribution in [0.3, 0.4) is 0 Å². The molecule has 2 heterocycles. The zero-order valence-corrected chi connectivity index (χ0v) is 14.4. The van der Waals surface area contributed by atoms with E-state index in [1.54, 1.807) is 36.7 Å². The molecule has 124 valence electrons. The van der Waals surface area contributed by atoms with Crippen LogP contribution in [0.4, 0.5) is 0 Å². The number of aromatic nitrogens is 3. The maximum atomic E-state index is 6.19. The van der Waals surface area contributed by atoms with Crippen molar-refractivity contribution in [2.45, 2.75) is 0 Å². The van der Waals surface area contributed by atoms with E-state index in [0.717, 1.165) is 0 Å². The average Bonchev–Trinajstić information content (AvgIpc) is 3.22. The second kappa shape index (κ2) is 6.90. The lowest BCUT2D eigenvalue weighted by Crippen LogP contribution is -1.96. The number of halogens is 1. The second-order valence-corrected chi connectivity index (χ2v) is 5.42. The third-order valence-electron chi connectivity index (χ3n) is 3.17. The molecule has 1 N–H and O–H groups in total. The van der Waals surface area contributed by atoms with Crippen molar-refractivity contribution in [3.63, 3.8) is 0 Å². The Bertz CT molecular complexity index is 931. The van der Waals surface area contributed by atoms with E-state index in [9.17, 15) is 0 Å². The third-order valence-corrected chi connectivity index (χ3v) is 3.72. The van der Waals surface area contributed by atoms with Crippen molar-refractivity contribution < 1.29 is 13.9 Å². The van der Waals surface area contributed by atoms with Gasteiger partial charge < -0.3 is 13.9 Å². The van der Waals surface area contributed by atoms with Crippen LogP contribution in [0.5, 0.6) is 11.5 Å². The number of hydrogen-bond acceptors (Lipinski definition) is 6. The van der Waals surface area contributed by atoms with Crippen LogP contribution in [0, 0.1) is 4.77 Å². The molecule has 0 unspecified atom stereocenters. The number of H-pyrrole nitrogens is 1. The molecule has 0 aliphatic heterocycles. The number of benzene rings is 1. The summed E-state index contributed by atoms with van der Waals surface area (Å²) in [7, 11) is 3.06. The molecule has 3 rings (SSSR count). The van der Waals surface area contributed by atoms with Crippen molar-refractivity contribution in [2.75, 3.05) is 14.2 Å². The van der Waals surface area contributed by atoms with Crippen LogP contribution in [-0.4, -0.2) is 35.3 Å². The second-order valence-electron chi connectivity index (χ2n) is 4.62. The van der Waals surface area contributed by atoms with E-state index in [2.05, 4.69) is 15.3 Å². The van der Waals surface area contributed by atoms with Gasteiger partial charge in [0, 0.05) is 0 Å². The van der Waals surface area contributed by atoms with Crippen LogP contribution < -0.4 is 9.47 Å². The van der Waals surface area contributed by atoms with Gasteiger partial charge in [-0.1, -0.05) is 11.6 Å². The Hall–Kier alpha value is -2.58. The smallest absolute Gasteiger partial charge is 0.219 e. The Kier molecular flexibility index (Phi) is 4.68. The van der Waals surface area contributed by atoms with E-state index in [4.69, 9.17) is 37.7 Å². The number of rotatable bonds is 5. The molecular weight excluding hydrogens is 352 g/mol. The van der Waals surface area contributed by atoms with Gasteiger partial charge in [-0.3, -0.25) is 0 Å². The summed E-state index contributed by atoms with van der Waals surface area (Å²) in [5.41, 5.74) is 0.714. The molecule has 1 aromatic carbocycles. The zero-order chi connectivity index (χ0) is 17.1. The molecule has 0 atom stereocenters. The summed E-state index contributed by atoms with van der Waals surface area (Å²) in [4.78, 5) is 0. The molecule has 0 saturated carbocycles. The Morgan fingerprint density at radius 3 is 2.88 bits per heavy atom. The van der Waals surface area contributed by atoms with Crippen LogP contribution in [0.25, 0.3) is 11.6 Å². The molecule has 0 fully saturated rings. The normalized spacial score (nSPS) is 11.1. The fourth-order valence-corrected chi connectivity index (χ4v) is 2.58. The summed E-state index contributed by atoms with van der Waals surface area (Å²) < 4.78 is 17.6. The highest BCUT2D eigenvalue weighted by atomic mass is 35.5. The van der Waals surface area contributed by atoms with Crippen molar-refractivity contribution in [1.29, 1.82) is 0 Å². The van der Waals surface area contributed by atoms with Crippen LogP contribution in [0.2, 0.25) is 5.02 Å². The zero-order valence-electron chi connectivity index (χ0n) is 12.8. The lowest BCUT2D eigenvalue weighted by molar-refractivity contribution is 0.355. The SMILES string of the molecule is COc1cc(/C=N\n2c(-c3ccco3)n[nH]c2=S)cc(Cl)c1OC. The first-order valence-corrected chi connectivity index (χ1v) is 7.60. The van der Waals surface area contributed by atoms with Crippen molar-refractivity contribution in [3.8, 4) is 23.1 Å². The minimum Gasteiger partial charge on any atom is -0.493 e. The predicted molar refractivity (Wildman–Crippen MR) is 92.7 cm³/mol. The molecule has 7 nitrogen and oxygen atoms in total. The van der Waals surface area contributed by atoms with E-state index in [1.165, 1.54) is 18.9 Å². The van der Waals surface area contributed by atoms with Gasteiger partial charge in [-0.25, -0.2) is 5.10 Å². The van der Waals surface area contributed by atoms with Crippen molar-refractivity contribution in [1.82, 2.24) is 14.9 Å². The Balaban J connectivity index is 2.00. The number of nitrogens with zero attached hydrogens (tertiary/aromatic N) is 3. The molecule has 0 saturated heterocycles. The van der Waals surface area contributed by atoms with Gasteiger partial charge in [-0.05, 0) is 42.0 Å². The largest absolute Gasteiger partial charge is 0.493 e. The Morgan fingerprint density at radius 2 is 2.21 bits per heavy atom. The highest BCUT2D eigenvalue weighted by Gasteiger charge is 2.12. The molecule has 2 aromatic heterocycles. The number of methoxy groups -OCH3 is 2. The first-order chi connectivity index (χ1) is 11.6. The lowest BCUT2D eigenvalue weighted by Gasteiger charge is -2.09. The minimum atomic E-state index is 0.337. The standard InChI is InChI=1S/C15H13ClN4O3S/c1-21-12-7-9(6-10(16)13(12)22-2)8-17-20-14(18-19-15(20)24)11-4-3-5-23-11/h3-8H,1-2H3,(H,19,24)/b17-8-. The van der Waals surface area contributed by atoms with Gasteiger partial charge in [0.25, 0.3) is 0 Å². The summed E-state index contributed by atoms with van der Waals surface area (Å²) in [6, 6.07) is 6.99. The van der Waals surface area contributed by atoms with Crippen LogP contribution in [0.1, 0.15) is 5.56 Å². The number of furan rings is 1. The lowest BCUT2D eigenvalue weighted by atomic mass is 10.2. The first kappa shape index (κ1) is 16.3. The summed E-state index contributed by atoms with van der Waals surface area (Å²) in [5.74, 6) is 1.98. The Labute approximate surface area is 147 Å². The van der Waals surface area contributed by atoms with Gasteiger partial charge in [-0.2, -0.15) is 9.78 Å². The minimum absolute atomic E-state index is 0.337. The van der Waals surface area contributed by atoms with E-state index in [1.807, 2.05) is 0 Å². The van der Waals surface area contributed by atoms with Crippen LogP contribution in [0.15, 0.2) is 40.0 Å². The monoisotopic (exact) mass is 364 g/mol. The number of aromatic amines is 1. The predicted octanol–water partition coefficient (Wildman–Crippen LogP) is 3.75. The van der Waals surface area contributed by atoms with Gasteiger partial charge in [0.2, 0.25) is 10.6 Å². The topological polar surface area (TPSA) is 77.6 Å². The highest BCUT2D eigenvalue weighted by Crippen LogP contribution is 2.35. The molecule has 3 aromatic rings. The van der Waals surface area contributed by atoms with Gasteiger partial charge >= 0.3 is 0 Å². The highest BCUT2D eigenvalue weighted by molar-refractivity contribution is 7.71. The maximum absolute atomic E-state index is 6.19. The fraction of sp³-hybridized carbons (Fsp3) is 0.133. The number of hydrogen-bond donors (Lipinski definition) is 1. The van der Waals surface area contributed by atoms with E-state index < -0.39 is 0 Å². The summed E-state index contributed by atoms with van der Waals surface area (Å²) in [6.07, 6.45) is 3.14. The molecule has 24 heavy (non-hydrogen) atoms. The van der Waals surface area contributed by atoms with E-state index >= 15 is 0 Å². The summed E-state index contributed by atoms with van der Waals surface area (Å²) in [6.45, 7) is 0. The van der Waals surface area contributed by atoms with Gasteiger partial charge in [0.1, 0.15) is 0 Å².